The molecule has 1 aliphatic heterocycles. The summed E-state index contributed by atoms with van der Waals surface area (Å²) in [6.45, 7) is 4.12. The summed E-state index contributed by atoms with van der Waals surface area (Å²) in [6, 6.07) is 7.54. The Kier molecular flexibility index (Phi) is 14.7. The van der Waals surface area contributed by atoms with E-state index in [0.29, 0.717) is 32.7 Å². The van der Waals surface area contributed by atoms with Crippen molar-refractivity contribution in [1.82, 2.24) is 10.2 Å². The molecule has 7 N–H and O–H groups in total. The van der Waals surface area contributed by atoms with E-state index >= 15 is 0 Å². The van der Waals surface area contributed by atoms with Gasteiger partial charge in [-0.15, -0.1) is 0 Å². The maximum absolute atomic E-state index is 13.1. The molecule has 0 saturated carbocycles. The molecule has 1 fully saturated rings. The summed E-state index contributed by atoms with van der Waals surface area (Å²) in [5, 5.41) is 42.4. The molecule has 0 spiro atoms. The quantitative estimate of drug-likeness (QED) is 0.0770. The second kappa shape index (κ2) is 17.4. The van der Waals surface area contributed by atoms with E-state index in [4.69, 9.17) is 29.6 Å². The highest BCUT2D eigenvalue weighted by atomic mass is 16.6. The molecular formula is C25H42BN3O10. The zero-order chi connectivity index (χ0) is 28.8. The fraction of sp³-hybridized carbons (Fsp3) is 0.680. The number of morpholine rings is 1. The summed E-state index contributed by atoms with van der Waals surface area (Å²) < 4.78 is 21.6. The predicted molar refractivity (Wildman–Crippen MR) is 141 cm³/mol. The average Bonchev–Trinajstić information content (AvgIpc) is 2.93. The molecule has 1 heterocycles. The van der Waals surface area contributed by atoms with Gasteiger partial charge in [-0.3, -0.25) is 0 Å². The van der Waals surface area contributed by atoms with Crippen molar-refractivity contribution in [3.63, 3.8) is 0 Å². The number of nitrogens with two attached hydrogens (primary N) is 1. The molecule has 2 rings (SSSR count). The monoisotopic (exact) mass is 555 g/mol. The fourth-order valence-electron chi connectivity index (χ4n) is 3.86. The maximum Gasteiger partial charge on any atom is 0.439 e. The molecule has 1 aromatic carbocycles. The lowest BCUT2D eigenvalue weighted by molar-refractivity contribution is -0.156. The SMILES string of the molecule is CC(C)C[C@H](N)OBO[C@H](COC(=O)[C@H](Cc1ccccc1)NC(=O)N1CCOCC1)[C@@H](O)[C@H](O)[C@H](O)CO. The first-order chi connectivity index (χ1) is 18.6. The molecule has 0 aliphatic carbocycles. The van der Waals surface area contributed by atoms with E-state index < -0.39 is 69.6 Å². The molecule has 0 unspecified atom stereocenters. The van der Waals surface area contributed by atoms with Gasteiger partial charge in [-0.25, -0.2) is 9.59 Å². The Hall–Kier alpha value is -2.30. The van der Waals surface area contributed by atoms with Crippen LogP contribution < -0.4 is 11.1 Å². The summed E-state index contributed by atoms with van der Waals surface area (Å²) >= 11 is 0. The van der Waals surface area contributed by atoms with Crippen molar-refractivity contribution in [3.05, 3.63) is 35.9 Å². The molecule has 0 aromatic heterocycles. The Morgan fingerprint density at radius 1 is 1.10 bits per heavy atom. The lowest BCUT2D eigenvalue weighted by Crippen LogP contribution is -2.53. The third-order valence-corrected chi connectivity index (χ3v) is 6.13. The normalized spacial score (nSPS) is 18.5. The molecule has 1 aromatic rings. The zero-order valence-corrected chi connectivity index (χ0v) is 22.6. The van der Waals surface area contributed by atoms with E-state index in [1.807, 2.05) is 19.9 Å². The van der Waals surface area contributed by atoms with Crippen molar-refractivity contribution in [1.29, 1.82) is 0 Å². The van der Waals surface area contributed by atoms with Gasteiger partial charge in [-0.1, -0.05) is 44.2 Å². The van der Waals surface area contributed by atoms with Gasteiger partial charge in [0.2, 0.25) is 0 Å². The van der Waals surface area contributed by atoms with Gasteiger partial charge in [-0.2, -0.15) is 0 Å². The Bertz CT molecular complexity index is 847. The largest absolute Gasteiger partial charge is 0.461 e. The van der Waals surface area contributed by atoms with Gasteiger partial charge in [0.25, 0.3) is 0 Å². The zero-order valence-electron chi connectivity index (χ0n) is 22.6. The fourth-order valence-corrected chi connectivity index (χ4v) is 3.86. The molecule has 39 heavy (non-hydrogen) atoms. The van der Waals surface area contributed by atoms with Crippen LogP contribution in [0.4, 0.5) is 4.79 Å². The van der Waals surface area contributed by atoms with Crippen molar-refractivity contribution < 1.29 is 48.8 Å². The summed E-state index contributed by atoms with van der Waals surface area (Å²) in [5.74, 6) is -0.533. The van der Waals surface area contributed by atoms with Gasteiger partial charge >= 0.3 is 19.7 Å². The summed E-state index contributed by atoms with van der Waals surface area (Å²) in [4.78, 5) is 27.5. The van der Waals surface area contributed by atoms with Crippen LogP contribution in [0.5, 0.6) is 0 Å². The van der Waals surface area contributed by atoms with Crippen molar-refractivity contribution in [2.45, 2.75) is 63.4 Å². The Labute approximate surface area is 229 Å². The van der Waals surface area contributed by atoms with E-state index in [0.717, 1.165) is 5.56 Å². The van der Waals surface area contributed by atoms with E-state index in [-0.39, 0.29) is 12.3 Å². The molecule has 6 atom stereocenters. The maximum atomic E-state index is 13.1. The number of rotatable bonds is 16. The highest BCUT2D eigenvalue weighted by molar-refractivity contribution is 6.18. The van der Waals surface area contributed by atoms with E-state index in [1.54, 1.807) is 24.3 Å². The lowest BCUT2D eigenvalue weighted by Gasteiger charge is -2.30. The minimum atomic E-state index is -1.80. The van der Waals surface area contributed by atoms with Crippen LogP contribution in [0.2, 0.25) is 0 Å². The van der Waals surface area contributed by atoms with E-state index in [2.05, 4.69) is 5.32 Å². The first-order valence-corrected chi connectivity index (χ1v) is 13.1. The Morgan fingerprint density at radius 2 is 1.77 bits per heavy atom. The van der Waals surface area contributed by atoms with Gasteiger partial charge < -0.3 is 55.2 Å². The average molecular weight is 555 g/mol. The number of urea groups is 1. The number of benzene rings is 1. The first kappa shape index (κ1) is 32.9. The van der Waals surface area contributed by atoms with Gasteiger partial charge in [0, 0.05) is 19.5 Å². The third kappa shape index (κ3) is 11.8. The number of carbonyl (C=O) groups is 2. The van der Waals surface area contributed by atoms with Crippen LogP contribution in [-0.4, -0.2) is 121 Å². The number of hydrogen-bond acceptors (Lipinski definition) is 11. The highest BCUT2D eigenvalue weighted by Gasteiger charge is 2.34. The van der Waals surface area contributed by atoms with Gasteiger partial charge in [-0.05, 0) is 17.9 Å². The molecular weight excluding hydrogens is 513 g/mol. The first-order valence-electron chi connectivity index (χ1n) is 13.1. The smallest absolute Gasteiger partial charge is 0.439 e. The third-order valence-electron chi connectivity index (χ3n) is 6.13. The number of esters is 1. The number of nitrogens with zero attached hydrogens (tertiary/aromatic N) is 1. The molecule has 0 radical (unpaired) electrons. The van der Waals surface area contributed by atoms with E-state index in [1.165, 1.54) is 4.90 Å². The Morgan fingerprint density at radius 3 is 2.38 bits per heavy atom. The van der Waals surface area contributed by atoms with Crippen LogP contribution in [0.15, 0.2) is 30.3 Å². The second-order valence-electron chi connectivity index (χ2n) is 9.81. The summed E-state index contributed by atoms with van der Waals surface area (Å²) in [6.07, 6.45) is -6.52. The number of amides is 2. The molecule has 1 saturated heterocycles. The number of nitrogens with one attached hydrogen (secondary N) is 1. The van der Waals surface area contributed by atoms with Crippen LogP contribution in [-0.2, 0) is 30.0 Å². The number of carbonyl (C=O) groups excluding carboxylic acids is 2. The van der Waals surface area contributed by atoms with Crippen molar-refractivity contribution >= 4 is 19.7 Å². The van der Waals surface area contributed by atoms with Crippen LogP contribution in [0.3, 0.4) is 0 Å². The van der Waals surface area contributed by atoms with Crippen molar-refractivity contribution in [2.24, 2.45) is 11.7 Å². The molecule has 2 amide bonds. The molecule has 1 aliphatic rings. The molecule has 0 bridgehead atoms. The Balaban J connectivity index is 2.08. The van der Waals surface area contributed by atoms with Crippen molar-refractivity contribution in [3.8, 4) is 0 Å². The molecule has 220 valence electrons. The van der Waals surface area contributed by atoms with Crippen LogP contribution in [0.25, 0.3) is 0 Å². The highest BCUT2D eigenvalue weighted by Crippen LogP contribution is 2.12. The number of aliphatic hydroxyl groups is 4. The van der Waals surface area contributed by atoms with Crippen LogP contribution >= 0.6 is 0 Å². The van der Waals surface area contributed by atoms with Gasteiger partial charge in [0.1, 0.15) is 37.1 Å². The predicted octanol–water partition coefficient (Wildman–Crippen LogP) is -1.74. The van der Waals surface area contributed by atoms with Gasteiger partial charge in [0.05, 0.1) is 26.0 Å². The summed E-state index contributed by atoms with van der Waals surface area (Å²) in [5.41, 5.74) is 6.67. The standard InChI is InChI=1S/C25H42BN3O10/c1-16(2)12-21(27)39-26-38-20(23(33)22(32)19(31)14-30)15-37-24(34)18(13-17-6-4-3-5-7-17)28-25(35)29-8-10-36-11-9-29/h3-7,16,18-23,26,30-33H,8-15,27H2,1-2H3,(H,28,35)/t18-,19+,20+,21+,22+,23+/m0/s1. The number of ether oxygens (including phenoxy) is 2. The second-order valence-corrected chi connectivity index (χ2v) is 9.81. The molecule has 13 nitrogen and oxygen atoms in total. The van der Waals surface area contributed by atoms with Crippen molar-refractivity contribution in [2.75, 3.05) is 39.5 Å². The number of aliphatic hydroxyl groups excluding tert-OH is 4. The van der Waals surface area contributed by atoms with Gasteiger partial charge in [0.15, 0.2) is 0 Å². The van der Waals surface area contributed by atoms with Crippen LogP contribution in [0.1, 0.15) is 25.8 Å². The lowest BCUT2D eigenvalue weighted by atomic mass is 10.0. The minimum Gasteiger partial charge on any atom is -0.461 e. The summed E-state index contributed by atoms with van der Waals surface area (Å²) in [7, 11) is -0.393. The molecule has 14 heteroatoms. The van der Waals surface area contributed by atoms with Crippen LogP contribution in [0, 0.1) is 5.92 Å². The topological polar surface area (TPSA) is 193 Å². The number of hydrogen-bond donors (Lipinski definition) is 6. The minimum absolute atomic E-state index is 0.142. The van der Waals surface area contributed by atoms with E-state index in [9.17, 15) is 24.9 Å².